The maximum Gasteiger partial charge on any atom is 0.243 e. The van der Waals surface area contributed by atoms with Gasteiger partial charge in [-0.1, -0.05) is 41.9 Å². The molecule has 22 heavy (non-hydrogen) atoms. The third-order valence-corrected chi connectivity index (χ3v) is 5.11. The standard InChI is InChI=1S/C16H17ClFNO2S/c1-12(7-8-13-5-3-2-4-6-13)19-22(20,21)16-10-9-14(17)11-15(16)18/h2-6,9-12,19H,7-8H2,1H3/t12-/m1/s1. The Morgan fingerprint density at radius 3 is 2.50 bits per heavy atom. The van der Waals surface area contributed by atoms with Crippen LogP contribution in [0.1, 0.15) is 18.9 Å². The fourth-order valence-corrected chi connectivity index (χ4v) is 3.60. The third-order valence-electron chi connectivity index (χ3n) is 3.25. The molecule has 0 aromatic heterocycles. The Morgan fingerprint density at radius 1 is 1.18 bits per heavy atom. The van der Waals surface area contributed by atoms with E-state index >= 15 is 0 Å². The third kappa shape index (κ3) is 4.53. The lowest BCUT2D eigenvalue weighted by Crippen LogP contribution is -2.33. The molecule has 1 atom stereocenters. The Morgan fingerprint density at radius 2 is 1.86 bits per heavy atom. The lowest BCUT2D eigenvalue weighted by Gasteiger charge is -2.14. The molecular formula is C16H17ClFNO2S. The minimum atomic E-state index is -3.89. The first-order valence-corrected chi connectivity index (χ1v) is 8.76. The second kappa shape index (κ2) is 7.22. The van der Waals surface area contributed by atoms with Gasteiger partial charge in [0.1, 0.15) is 10.7 Å². The Kier molecular flexibility index (Phi) is 5.56. The van der Waals surface area contributed by atoms with Crippen LogP contribution in [-0.2, 0) is 16.4 Å². The van der Waals surface area contributed by atoms with Crippen molar-refractivity contribution < 1.29 is 12.8 Å². The molecule has 0 heterocycles. The summed E-state index contributed by atoms with van der Waals surface area (Å²) >= 11 is 5.64. The summed E-state index contributed by atoms with van der Waals surface area (Å²) in [6.45, 7) is 1.76. The van der Waals surface area contributed by atoms with Crippen LogP contribution >= 0.6 is 11.6 Å². The minimum absolute atomic E-state index is 0.161. The van der Waals surface area contributed by atoms with E-state index in [2.05, 4.69) is 4.72 Å². The predicted molar refractivity (Wildman–Crippen MR) is 86.0 cm³/mol. The summed E-state index contributed by atoms with van der Waals surface area (Å²) in [5, 5.41) is 0.161. The fraction of sp³-hybridized carbons (Fsp3) is 0.250. The van der Waals surface area contributed by atoms with Gasteiger partial charge >= 0.3 is 0 Å². The molecular weight excluding hydrogens is 325 g/mol. The van der Waals surface area contributed by atoms with E-state index in [-0.39, 0.29) is 16.0 Å². The highest BCUT2D eigenvalue weighted by atomic mass is 35.5. The van der Waals surface area contributed by atoms with Crippen LogP contribution in [0.2, 0.25) is 5.02 Å². The van der Waals surface area contributed by atoms with Gasteiger partial charge in [-0.15, -0.1) is 0 Å². The van der Waals surface area contributed by atoms with Crippen LogP contribution in [0.15, 0.2) is 53.4 Å². The molecule has 0 bridgehead atoms. The molecule has 2 aromatic rings. The molecule has 0 radical (unpaired) electrons. The molecule has 118 valence electrons. The lowest BCUT2D eigenvalue weighted by molar-refractivity contribution is 0.533. The molecule has 6 heteroatoms. The van der Waals surface area contributed by atoms with Gasteiger partial charge in [-0.2, -0.15) is 0 Å². The van der Waals surface area contributed by atoms with Crippen molar-refractivity contribution in [3.05, 3.63) is 64.9 Å². The van der Waals surface area contributed by atoms with Gasteiger partial charge in [0.05, 0.1) is 0 Å². The molecule has 0 aliphatic rings. The molecule has 0 aliphatic carbocycles. The lowest BCUT2D eigenvalue weighted by atomic mass is 10.1. The maximum atomic E-state index is 13.7. The van der Waals surface area contributed by atoms with E-state index in [0.29, 0.717) is 6.42 Å². The van der Waals surface area contributed by atoms with Crippen molar-refractivity contribution in [2.75, 3.05) is 0 Å². The summed E-state index contributed by atoms with van der Waals surface area (Å²) in [7, 11) is -3.89. The number of halogens is 2. The summed E-state index contributed by atoms with van der Waals surface area (Å²) in [5.74, 6) is -0.852. The normalized spacial score (nSPS) is 13.0. The van der Waals surface area contributed by atoms with E-state index in [1.807, 2.05) is 30.3 Å². The SMILES string of the molecule is C[C@H](CCc1ccccc1)NS(=O)(=O)c1ccc(Cl)cc1F. The first-order valence-electron chi connectivity index (χ1n) is 6.90. The van der Waals surface area contributed by atoms with E-state index in [4.69, 9.17) is 11.6 Å². The number of benzene rings is 2. The van der Waals surface area contributed by atoms with Gasteiger partial charge in [-0.3, -0.25) is 0 Å². The van der Waals surface area contributed by atoms with E-state index in [9.17, 15) is 12.8 Å². The molecule has 0 unspecified atom stereocenters. The number of sulfonamides is 1. The van der Waals surface area contributed by atoms with Crippen LogP contribution in [0.3, 0.4) is 0 Å². The molecule has 0 aliphatic heterocycles. The molecule has 0 fully saturated rings. The molecule has 0 saturated heterocycles. The topological polar surface area (TPSA) is 46.2 Å². The number of rotatable bonds is 6. The average molecular weight is 342 g/mol. The van der Waals surface area contributed by atoms with Crippen LogP contribution in [0.5, 0.6) is 0 Å². The predicted octanol–water partition coefficient (Wildman–Crippen LogP) is 3.78. The van der Waals surface area contributed by atoms with Crippen LogP contribution in [-0.4, -0.2) is 14.5 Å². The summed E-state index contributed by atoms with van der Waals surface area (Å²) in [6.07, 6.45) is 1.37. The Labute approximate surface area is 135 Å². The van der Waals surface area contributed by atoms with Crippen LogP contribution in [0, 0.1) is 5.82 Å². The average Bonchev–Trinajstić information content (AvgIpc) is 2.45. The zero-order chi connectivity index (χ0) is 16.2. The van der Waals surface area contributed by atoms with Gasteiger partial charge in [-0.05, 0) is 43.5 Å². The second-order valence-corrected chi connectivity index (χ2v) is 7.24. The number of hydrogen-bond donors (Lipinski definition) is 1. The molecule has 2 rings (SSSR count). The number of aryl methyl sites for hydroxylation is 1. The van der Waals surface area contributed by atoms with Gasteiger partial charge in [0.15, 0.2) is 0 Å². The zero-order valence-electron chi connectivity index (χ0n) is 12.1. The van der Waals surface area contributed by atoms with Gasteiger partial charge < -0.3 is 0 Å². The van der Waals surface area contributed by atoms with E-state index < -0.39 is 15.8 Å². The van der Waals surface area contributed by atoms with Crippen molar-refractivity contribution in [3.63, 3.8) is 0 Å². The molecule has 0 amide bonds. The van der Waals surface area contributed by atoms with E-state index in [1.165, 1.54) is 12.1 Å². The Balaban J connectivity index is 2.02. The summed E-state index contributed by atoms with van der Waals surface area (Å²) in [6, 6.07) is 13.0. The number of nitrogens with one attached hydrogen (secondary N) is 1. The van der Waals surface area contributed by atoms with Crippen molar-refractivity contribution in [1.82, 2.24) is 4.72 Å². The second-order valence-electron chi connectivity index (χ2n) is 5.12. The molecule has 3 nitrogen and oxygen atoms in total. The molecule has 1 N–H and O–H groups in total. The van der Waals surface area contributed by atoms with Gasteiger partial charge in [0.2, 0.25) is 10.0 Å². The first-order chi connectivity index (χ1) is 10.4. The summed E-state index contributed by atoms with van der Waals surface area (Å²) in [5.41, 5.74) is 1.13. The van der Waals surface area contributed by atoms with Crippen LogP contribution in [0.25, 0.3) is 0 Å². The Bertz CT molecular complexity index is 735. The maximum absolute atomic E-state index is 13.7. The van der Waals surface area contributed by atoms with Crippen LogP contribution in [0.4, 0.5) is 4.39 Å². The van der Waals surface area contributed by atoms with Gasteiger partial charge in [0, 0.05) is 11.1 Å². The largest absolute Gasteiger partial charge is 0.243 e. The summed E-state index contributed by atoms with van der Waals surface area (Å²) < 4.78 is 40.6. The van der Waals surface area contributed by atoms with Gasteiger partial charge in [0.25, 0.3) is 0 Å². The van der Waals surface area contributed by atoms with E-state index in [1.54, 1.807) is 6.92 Å². The minimum Gasteiger partial charge on any atom is -0.208 e. The monoisotopic (exact) mass is 341 g/mol. The quantitative estimate of drug-likeness (QED) is 0.869. The highest BCUT2D eigenvalue weighted by Gasteiger charge is 2.21. The first kappa shape index (κ1) is 16.9. The zero-order valence-corrected chi connectivity index (χ0v) is 13.7. The fourth-order valence-electron chi connectivity index (χ4n) is 2.11. The smallest absolute Gasteiger partial charge is 0.208 e. The molecule has 0 spiro atoms. The van der Waals surface area contributed by atoms with Crippen molar-refractivity contribution >= 4 is 21.6 Å². The van der Waals surface area contributed by atoms with Crippen molar-refractivity contribution in [3.8, 4) is 0 Å². The highest BCUT2D eigenvalue weighted by Crippen LogP contribution is 2.19. The van der Waals surface area contributed by atoms with Crippen LogP contribution < -0.4 is 4.72 Å². The van der Waals surface area contributed by atoms with Crippen molar-refractivity contribution in [2.24, 2.45) is 0 Å². The molecule has 0 saturated carbocycles. The summed E-state index contributed by atoms with van der Waals surface area (Å²) in [4.78, 5) is -0.386. The van der Waals surface area contributed by atoms with Gasteiger partial charge in [-0.25, -0.2) is 17.5 Å². The van der Waals surface area contributed by atoms with Crippen molar-refractivity contribution in [1.29, 1.82) is 0 Å². The highest BCUT2D eigenvalue weighted by molar-refractivity contribution is 7.89. The molecule has 2 aromatic carbocycles. The number of hydrogen-bond acceptors (Lipinski definition) is 2. The van der Waals surface area contributed by atoms with E-state index in [0.717, 1.165) is 18.1 Å². The van der Waals surface area contributed by atoms with Crippen molar-refractivity contribution in [2.45, 2.75) is 30.7 Å². The Hall–Kier alpha value is -1.43.